The first-order chi connectivity index (χ1) is 12.0. The van der Waals surface area contributed by atoms with Gasteiger partial charge >= 0.3 is 0 Å². The van der Waals surface area contributed by atoms with Crippen LogP contribution in [0.4, 0.5) is 5.82 Å². The Morgan fingerprint density at radius 1 is 1.20 bits per heavy atom. The summed E-state index contributed by atoms with van der Waals surface area (Å²) in [5, 5.41) is 13.5. The molecular formula is C18H22N4O2S. The summed E-state index contributed by atoms with van der Waals surface area (Å²) in [5.74, 6) is 2.20. The zero-order valence-electron chi connectivity index (χ0n) is 15.1. The Hall–Kier alpha value is -2.46. The summed E-state index contributed by atoms with van der Waals surface area (Å²) in [4.78, 5) is 9.00. The van der Waals surface area contributed by atoms with E-state index in [4.69, 9.17) is 9.47 Å². The molecule has 1 N–H and O–H groups in total. The Morgan fingerprint density at radius 3 is 2.48 bits per heavy atom. The maximum Gasteiger partial charge on any atom is 0.189 e. The number of nitrogens with zero attached hydrogens (tertiary/aromatic N) is 3. The Morgan fingerprint density at radius 2 is 1.92 bits per heavy atom. The van der Waals surface area contributed by atoms with Crippen molar-refractivity contribution in [1.29, 1.82) is 5.26 Å². The zero-order chi connectivity index (χ0) is 18.4. The molecular weight excluding hydrogens is 336 g/mol. The average Bonchev–Trinajstić information content (AvgIpc) is 2.64. The highest BCUT2D eigenvalue weighted by atomic mass is 32.2. The van der Waals surface area contributed by atoms with Gasteiger partial charge in [0.1, 0.15) is 17.5 Å². The van der Waals surface area contributed by atoms with E-state index in [0.717, 1.165) is 12.1 Å². The van der Waals surface area contributed by atoms with Crippen LogP contribution in [0, 0.1) is 17.2 Å². The molecule has 0 aliphatic carbocycles. The summed E-state index contributed by atoms with van der Waals surface area (Å²) < 4.78 is 10.6. The molecule has 0 amide bonds. The van der Waals surface area contributed by atoms with E-state index in [0.29, 0.717) is 39.6 Å². The van der Waals surface area contributed by atoms with Crippen molar-refractivity contribution in [2.75, 3.05) is 32.3 Å². The lowest BCUT2D eigenvalue weighted by molar-refractivity contribution is 0.355. The second-order valence-electron chi connectivity index (χ2n) is 5.74. The summed E-state index contributed by atoms with van der Waals surface area (Å²) in [6.07, 6.45) is 1.91. The summed E-state index contributed by atoms with van der Waals surface area (Å²) >= 11 is 1.44. The molecule has 0 saturated carbocycles. The van der Waals surface area contributed by atoms with Crippen LogP contribution in [0.25, 0.3) is 11.3 Å². The lowest BCUT2D eigenvalue weighted by Gasteiger charge is -2.14. The molecule has 1 aromatic heterocycles. The van der Waals surface area contributed by atoms with Gasteiger partial charge in [-0.1, -0.05) is 25.6 Å². The maximum atomic E-state index is 9.68. The SMILES string of the molecule is COc1ccc(-c2nc(SC)nc(NCC(C)C)c2C#N)cc1OC. The molecule has 0 saturated heterocycles. The second kappa shape index (κ2) is 8.58. The van der Waals surface area contributed by atoms with Crippen LogP contribution >= 0.6 is 11.8 Å². The minimum atomic E-state index is 0.422. The van der Waals surface area contributed by atoms with Gasteiger partial charge in [0.25, 0.3) is 0 Å². The van der Waals surface area contributed by atoms with Crippen LogP contribution < -0.4 is 14.8 Å². The molecule has 0 radical (unpaired) electrons. The number of anilines is 1. The van der Waals surface area contributed by atoms with Gasteiger partial charge in [0.05, 0.1) is 19.9 Å². The molecule has 0 aliphatic heterocycles. The molecule has 7 heteroatoms. The molecule has 2 rings (SSSR count). The number of nitriles is 1. The predicted octanol–water partition coefficient (Wildman–Crippen LogP) is 3.82. The zero-order valence-corrected chi connectivity index (χ0v) is 15.9. The van der Waals surface area contributed by atoms with Gasteiger partial charge in [-0.15, -0.1) is 0 Å². The van der Waals surface area contributed by atoms with Gasteiger partial charge in [0.2, 0.25) is 0 Å². The van der Waals surface area contributed by atoms with Crippen LogP contribution in [0.1, 0.15) is 19.4 Å². The largest absolute Gasteiger partial charge is 0.493 e. The number of thioether (sulfide) groups is 1. The fourth-order valence-corrected chi connectivity index (χ4v) is 2.62. The third-order valence-electron chi connectivity index (χ3n) is 3.52. The number of hydrogen-bond acceptors (Lipinski definition) is 7. The molecule has 0 fully saturated rings. The van der Waals surface area contributed by atoms with Crippen LogP contribution in [0.2, 0.25) is 0 Å². The number of rotatable bonds is 7. The molecule has 0 unspecified atom stereocenters. The van der Waals surface area contributed by atoms with Crippen molar-refractivity contribution >= 4 is 17.6 Å². The quantitative estimate of drug-likeness (QED) is 0.595. The van der Waals surface area contributed by atoms with Crippen molar-refractivity contribution in [3.05, 3.63) is 23.8 Å². The van der Waals surface area contributed by atoms with Crippen LogP contribution in [-0.2, 0) is 0 Å². The molecule has 132 valence electrons. The first kappa shape index (κ1) is 18.9. The van der Waals surface area contributed by atoms with E-state index < -0.39 is 0 Å². The number of hydrogen-bond donors (Lipinski definition) is 1. The lowest BCUT2D eigenvalue weighted by Crippen LogP contribution is -2.12. The van der Waals surface area contributed by atoms with E-state index >= 15 is 0 Å². The Bertz CT molecular complexity index is 787. The number of methoxy groups -OCH3 is 2. The van der Waals surface area contributed by atoms with E-state index in [9.17, 15) is 5.26 Å². The lowest BCUT2D eigenvalue weighted by atomic mass is 10.1. The first-order valence-corrected chi connectivity index (χ1v) is 9.08. The van der Waals surface area contributed by atoms with Gasteiger partial charge in [-0.2, -0.15) is 5.26 Å². The summed E-state index contributed by atoms with van der Waals surface area (Å²) in [6.45, 7) is 4.93. The topological polar surface area (TPSA) is 80.1 Å². The van der Waals surface area contributed by atoms with E-state index in [2.05, 4.69) is 35.2 Å². The molecule has 0 bridgehead atoms. The van der Waals surface area contributed by atoms with Gasteiger partial charge in [-0.25, -0.2) is 9.97 Å². The number of ether oxygens (including phenoxy) is 2. The molecule has 2 aromatic rings. The van der Waals surface area contributed by atoms with E-state index in [-0.39, 0.29) is 0 Å². The maximum absolute atomic E-state index is 9.68. The Kier molecular flexibility index (Phi) is 6.48. The van der Waals surface area contributed by atoms with Crippen LogP contribution in [0.5, 0.6) is 11.5 Å². The van der Waals surface area contributed by atoms with Gasteiger partial charge < -0.3 is 14.8 Å². The number of benzene rings is 1. The molecule has 25 heavy (non-hydrogen) atoms. The molecule has 0 aliphatic rings. The minimum Gasteiger partial charge on any atom is -0.493 e. The van der Waals surface area contributed by atoms with Crippen LogP contribution in [0.3, 0.4) is 0 Å². The van der Waals surface area contributed by atoms with Gasteiger partial charge in [0, 0.05) is 12.1 Å². The molecule has 1 aromatic carbocycles. The predicted molar refractivity (Wildman–Crippen MR) is 100 cm³/mol. The van der Waals surface area contributed by atoms with Crippen molar-refractivity contribution in [2.24, 2.45) is 5.92 Å². The monoisotopic (exact) mass is 358 g/mol. The highest BCUT2D eigenvalue weighted by molar-refractivity contribution is 7.98. The molecule has 0 atom stereocenters. The third kappa shape index (κ3) is 4.34. The number of nitrogens with one attached hydrogen (secondary N) is 1. The Labute approximate surface area is 152 Å². The van der Waals surface area contributed by atoms with Crippen molar-refractivity contribution < 1.29 is 9.47 Å². The summed E-state index contributed by atoms with van der Waals surface area (Å²) in [7, 11) is 3.17. The average molecular weight is 358 g/mol. The minimum absolute atomic E-state index is 0.422. The van der Waals surface area contributed by atoms with E-state index in [1.54, 1.807) is 20.3 Å². The Balaban J connectivity index is 2.59. The molecule has 0 spiro atoms. The van der Waals surface area contributed by atoms with E-state index in [1.165, 1.54) is 11.8 Å². The van der Waals surface area contributed by atoms with Crippen LogP contribution in [0.15, 0.2) is 23.4 Å². The van der Waals surface area contributed by atoms with Crippen molar-refractivity contribution in [3.8, 4) is 28.8 Å². The molecule has 6 nitrogen and oxygen atoms in total. The summed E-state index contributed by atoms with van der Waals surface area (Å²) in [6, 6.07) is 7.72. The van der Waals surface area contributed by atoms with Gasteiger partial charge in [0.15, 0.2) is 16.7 Å². The standard InChI is InChI=1S/C18H22N4O2S/c1-11(2)10-20-17-13(9-19)16(21-18(22-17)25-5)12-6-7-14(23-3)15(8-12)24-4/h6-8,11H,10H2,1-5H3,(H,20,21,22). The van der Waals surface area contributed by atoms with E-state index in [1.807, 2.05) is 18.4 Å². The fraction of sp³-hybridized carbons (Fsp3) is 0.389. The van der Waals surface area contributed by atoms with Gasteiger partial charge in [-0.3, -0.25) is 0 Å². The highest BCUT2D eigenvalue weighted by Crippen LogP contribution is 2.34. The second-order valence-corrected chi connectivity index (χ2v) is 6.51. The van der Waals surface area contributed by atoms with Crippen LogP contribution in [-0.4, -0.2) is 37.0 Å². The first-order valence-electron chi connectivity index (χ1n) is 7.86. The smallest absolute Gasteiger partial charge is 0.189 e. The molecule has 1 heterocycles. The number of aromatic nitrogens is 2. The third-order valence-corrected chi connectivity index (χ3v) is 4.07. The normalized spacial score (nSPS) is 10.4. The summed E-state index contributed by atoms with van der Waals surface area (Å²) in [5.41, 5.74) is 1.78. The van der Waals surface area contributed by atoms with Crippen molar-refractivity contribution in [2.45, 2.75) is 19.0 Å². The van der Waals surface area contributed by atoms with Gasteiger partial charge in [-0.05, 0) is 30.4 Å². The van der Waals surface area contributed by atoms with Crippen molar-refractivity contribution in [3.63, 3.8) is 0 Å². The fourth-order valence-electron chi connectivity index (χ4n) is 2.26. The highest BCUT2D eigenvalue weighted by Gasteiger charge is 2.17. The van der Waals surface area contributed by atoms with Crippen molar-refractivity contribution in [1.82, 2.24) is 9.97 Å².